The van der Waals surface area contributed by atoms with Gasteiger partial charge >= 0.3 is 0 Å². The van der Waals surface area contributed by atoms with Crippen LogP contribution in [0.25, 0.3) is 11.0 Å². The fourth-order valence-electron chi connectivity index (χ4n) is 1.33. The fourth-order valence-corrected chi connectivity index (χ4v) is 1.33. The molecule has 14 heavy (non-hydrogen) atoms. The van der Waals surface area contributed by atoms with E-state index in [1.807, 2.05) is 18.2 Å². The predicted molar refractivity (Wildman–Crippen MR) is 52.1 cm³/mol. The molecule has 0 radical (unpaired) electrons. The Labute approximate surface area is 80.3 Å². The molecule has 0 unspecified atom stereocenters. The van der Waals surface area contributed by atoms with Crippen molar-refractivity contribution in [2.24, 2.45) is 5.84 Å². The van der Waals surface area contributed by atoms with Crippen molar-refractivity contribution >= 4 is 16.9 Å². The Morgan fingerprint density at radius 3 is 3.21 bits per heavy atom. The molecule has 72 valence electrons. The predicted octanol–water partition coefficient (Wildman–Crippen LogP) is 0.0953. The summed E-state index contributed by atoms with van der Waals surface area (Å²) >= 11 is 0. The van der Waals surface area contributed by atoms with Gasteiger partial charge in [-0.15, -0.1) is 0 Å². The average Bonchev–Trinajstić information content (AvgIpc) is 2.64. The highest BCUT2D eigenvalue weighted by atomic mass is 16.2. The van der Waals surface area contributed by atoms with Gasteiger partial charge in [-0.25, -0.2) is 10.8 Å². The van der Waals surface area contributed by atoms with Crippen LogP contribution in [-0.2, 0) is 11.2 Å². The number of amides is 1. The van der Waals surface area contributed by atoms with Crippen molar-refractivity contribution in [1.29, 1.82) is 0 Å². The Morgan fingerprint density at radius 2 is 2.43 bits per heavy atom. The highest BCUT2D eigenvalue weighted by molar-refractivity contribution is 5.81. The number of nitrogens with two attached hydrogens (primary N) is 1. The summed E-state index contributed by atoms with van der Waals surface area (Å²) < 4.78 is 0. The van der Waals surface area contributed by atoms with Crippen molar-refractivity contribution in [3.8, 4) is 0 Å². The van der Waals surface area contributed by atoms with Crippen LogP contribution >= 0.6 is 0 Å². The Balaban J connectivity index is 2.30. The molecule has 0 atom stereocenters. The van der Waals surface area contributed by atoms with Gasteiger partial charge in [0.2, 0.25) is 5.91 Å². The van der Waals surface area contributed by atoms with Crippen LogP contribution in [0, 0.1) is 0 Å². The largest absolute Gasteiger partial charge is 0.345 e. The Bertz CT molecular complexity index is 463. The van der Waals surface area contributed by atoms with Gasteiger partial charge in [0.25, 0.3) is 0 Å². The van der Waals surface area contributed by atoms with Crippen LogP contribution in [-0.4, -0.2) is 15.9 Å². The number of imidazole rings is 1. The number of hydrazine groups is 1. The van der Waals surface area contributed by atoms with Crippen LogP contribution < -0.4 is 11.3 Å². The van der Waals surface area contributed by atoms with Gasteiger partial charge in [0.15, 0.2) is 0 Å². The molecule has 0 spiro atoms. The van der Waals surface area contributed by atoms with E-state index in [4.69, 9.17) is 5.84 Å². The molecule has 1 aromatic carbocycles. The first-order valence-corrected chi connectivity index (χ1v) is 4.21. The molecule has 1 heterocycles. The summed E-state index contributed by atoms with van der Waals surface area (Å²) in [7, 11) is 0. The fraction of sp³-hybridized carbons (Fsp3) is 0.111. The molecule has 0 saturated heterocycles. The molecule has 2 aromatic rings. The number of aromatic nitrogens is 2. The summed E-state index contributed by atoms with van der Waals surface area (Å²) in [4.78, 5) is 18.0. The summed E-state index contributed by atoms with van der Waals surface area (Å²) in [6.45, 7) is 0. The number of carbonyl (C=O) groups excluding carboxylic acids is 1. The lowest BCUT2D eigenvalue weighted by Crippen LogP contribution is -2.31. The third kappa shape index (κ3) is 1.57. The number of benzene rings is 1. The van der Waals surface area contributed by atoms with E-state index in [1.165, 1.54) is 0 Å². The van der Waals surface area contributed by atoms with E-state index < -0.39 is 0 Å². The lowest BCUT2D eigenvalue weighted by atomic mass is 10.1. The number of aromatic amines is 1. The Kier molecular flexibility index (Phi) is 2.16. The molecule has 4 N–H and O–H groups in total. The SMILES string of the molecule is NNC(=O)Cc1ccc2nc[nH]c2c1. The van der Waals surface area contributed by atoms with Crippen LogP contribution in [0.3, 0.4) is 0 Å². The first-order valence-electron chi connectivity index (χ1n) is 4.21. The summed E-state index contributed by atoms with van der Waals surface area (Å²) in [5.74, 6) is 4.79. The molecule has 1 amide bonds. The third-order valence-electron chi connectivity index (χ3n) is 2.01. The molecule has 0 aliphatic heterocycles. The van der Waals surface area contributed by atoms with E-state index in [2.05, 4.69) is 15.4 Å². The lowest BCUT2D eigenvalue weighted by molar-refractivity contribution is -0.120. The van der Waals surface area contributed by atoms with Gasteiger partial charge in [-0.1, -0.05) is 6.07 Å². The molecule has 0 saturated carbocycles. The summed E-state index contributed by atoms with van der Waals surface area (Å²) in [5.41, 5.74) is 4.81. The van der Waals surface area contributed by atoms with Gasteiger partial charge in [-0.2, -0.15) is 0 Å². The highest BCUT2D eigenvalue weighted by Crippen LogP contribution is 2.11. The van der Waals surface area contributed by atoms with Crippen molar-refractivity contribution in [3.05, 3.63) is 30.1 Å². The number of hydrogen-bond donors (Lipinski definition) is 3. The smallest absolute Gasteiger partial charge is 0.238 e. The van der Waals surface area contributed by atoms with Crippen LogP contribution in [0.1, 0.15) is 5.56 Å². The lowest BCUT2D eigenvalue weighted by Gasteiger charge is -1.99. The van der Waals surface area contributed by atoms with E-state index in [0.717, 1.165) is 16.6 Å². The molecule has 2 rings (SSSR count). The molecule has 0 bridgehead atoms. The van der Waals surface area contributed by atoms with E-state index in [1.54, 1.807) is 6.33 Å². The first-order chi connectivity index (χ1) is 6.79. The minimum Gasteiger partial charge on any atom is -0.345 e. The molecule has 0 aliphatic rings. The van der Waals surface area contributed by atoms with E-state index in [-0.39, 0.29) is 12.3 Å². The van der Waals surface area contributed by atoms with Crippen LogP contribution in [0.15, 0.2) is 24.5 Å². The number of carbonyl (C=O) groups is 1. The zero-order chi connectivity index (χ0) is 9.97. The molecule has 0 aliphatic carbocycles. The van der Waals surface area contributed by atoms with Crippen LogP contribution in [0.2, 0.25) is 0 Å². The Hall–Kier alpha value is -1.88. The third-order valence-corrected chi connectivity index (χ3v) is 2.01. The van der Waals surface area contributed by atoms with Gasteiger partial charge in [0.05, 0.1) is 23.8 Å². The minimum atomic E-state index is -0.205. The second kappa shape index (κ2) is 3.47. The zero-order valence-corrected chi connectivity index (χ0v) is 7.45. The van der Waals surface area contributed by atoms with Gasteiger partial charge < -0.3 is 4.98 Å². The molecule has 5 heteroatoms. The van der Waals surface area contributed by atoms with Gasteiger partial charge in [0.1, 0.15) is 0 Å². The zero-order valence-electron chi connectivity index (χ0n) is 7.45. The van der Waals surface area contributed by atoms with Crippen molar-refractivity contribution < 1.29 is 4.79 Å². The number of hydrogen-bond acceptors (Lipinski definition) is 3. The molecular formula is C9H10N4O. The summed E-state index contributed by atoms with van der Waals surface area (Å²) in [6.07, 6.45) is 1.91. The van der Waals surface area contributed by atoms with Gasteiger partial charge in [0, 0.05) is 0 Å². The Morgan fingerprint density at radius 1 is 1.57 bits per heavy atom. The average molecular weight is 190 g/mol. The maximum absolute atomic E-state index is 11.0. The van der Waals surface area contributed by atoms with E-state index >= 15 is 0 Å². The second-order valence-corrected chi connectivity index (χ2v) is 3.00. The highest BCUT2D eigenvalue weighted by Gasteiger charge is 2.02. The second-order valence-electron chi connectivity index (χ2n) is 3.00. The van der Waals surface area contributed by atoms with Crippen molar-refractivity contribution in [2.45, 2.75) is 6.42 Å². The summed E-state index contributed by atoms with van der Waals surface area (Å²) in [5, 5.41) is 0. The first kappa shape index (κ1) is 8.71. The van der Waals surface area contributed by atoms with Crippen molar-refractivity contribution in [1.82, 2.24) is 15.4 Å². The topological polar surface area (TPSA) is 83.8 Å². The quantitative estimate of drug-likeness (QED) is 0.356. The van der Waals surface area contributed by atoms with Crippen molar-refractivity contribution in [2.75, 3.05) is 0 Å². The van der Waals surface area contributed by atoms with Crippen LogP contribution in [0.4, 0.5) is 0 Å². The molecule has 1 aromatic heterocycles. The molecule has 5 nitrogen and oxygen atoms in total. The number of fused-ring (bicyclic) bond motifs is 1. The number of nitrogens with zero attached hydrogens (tertiary/aromatic N) is 1. The number of nitrogens with one attached hydrogen (secondary N) is 2. The van der Waals surface area contributed by atoms with E-state index in [0.29, 0.717) is 0 Å². The van der Waals surface area contributed by atoms with Crippen LogP contribution in [0.5, 0.6) is 0 Å². The summed E-state index contributed by atoms with van der Waals surface area (Å²) in [6, 6.07) is 5.61. The number of rotatable bonds is 2. The minimum absolute atomic E-state index is 0.205. The molecular weight excluding hydrogens is 180 g/mol. The normalized spacial score (nSPS) is 10.4. The maximum Gasteiger partial charge on any atom is 0.238 e. The standard InChI is InChI=1S/C9H10N4O/c10-13-9(14)4-6-1-2-7-8(3-6)12-5-11-7/h1-3,5H,4,10H2,(H,11,12)(H,13,14). The number of H-pyrrole nitrogens is 1. The molecule has 0 fully saturated rings. The van der Waals surface area contributed by atoms with E-state index in [9.17, 15) is 4.79 Å². The monoisotopic (exact) mass is 190 g/mol. The van der Waals surface area contributed by atoms with Crippen molar-refractivity contribution in [3.63, 3.8) is 0 Å². The maximum atomic E-state index is 11.0. The van der Waals surface area contributed by atoms with Gasteiger partial charge in [-0.05, 0) is 17.7 Å². The van der Waals surface area contributed by atoms with Gasteiger partial charge in [-0.3, -0.25) is 10.2 Å².